The fourth-order valence-corrected chi connectivity index (χ4v) is 2.38. The van der Waals surface area contributed by atoms with Crippen LogP contribution in [0.25, 0.3) is 0 Å². The Morgan fingerprint density at radius 1 is 1.12 bits per heavy atom. The van der Waals surface area contributed by atoms with Crippen molar-refractivity contribution >= 4 is 27.5 Å². The van der Waals surface area contributed by atoms with Gasteiger partial charge in [-0.15, -0.1) is 0 Å². The molecule has 2 rings (SSSR count). The summed E-state index contributed by atoms with van der Waals surface area (Å²) in [5.74, 6) is -0.932. The number of nitrogens with zero attached hydrogens (tertiary/aromatic N) is 1. The minimum Gasteiger partial charge on any atom is -1.00 e. The van der Waals surface area contributed by atoms with Crippen molar-refractivity contribution in [2.75, 3.05) is 5.32 Å². The molecule has 1 heterocycles. The van der Waals surface area contributed by atoms with E-state index in [2.05, 4.69) is 5.32 Å². The van der Waals surface area contributed by atoms with Gasteiger partial charge in [0.2, 0.25) is 16.6 Å². The maximum absolute atomic E-state index is 12.0. The van der Waals surface area contributed by atoms with Crippen molar-refractivity contribution in [3.05, 3.63) is 54.4 Å². The van der Waals surface area contributed by atoms with Crippen LogP contribution in [0.15, 0.2) is 53.7 Å². The van der Waals surface area contributed by atoms with Crippen molar-refractivity contribution in [3.63, 3.8) is 0 Å². The molecule has 0 saturated carbocycles. The summed E-state index contributed by atoms with van der Waals surface area (Å²) in [5.41, 5.74) is 5.89. The van der Waals surface area contributed by atoms with Crippen LogP contribution in [0.3, 0.4) is 0 Å². The van der Waals surface area contributed by atoms with E-state index in [0.717, 1.165) is 0 Å². The minimum absolute atomic E-state index is 0. The molecule has 1 aromatic carbocycles. The standard InChI is InChI=1S/C14H14N4O4S.ClH/c15-14(20)10-2-1-7-18(8-10)9-13(19)17-11-3-5-12(6-4-11)23(16,21)22;/h1-8H,9H2,(H4-,15,16,17,19,20,21,22);1H. The molecule has 1 aromatic heterocycles. The van der Waals surface area contributed by atoms with E-state index < -0.39 is 15.9 Å². The van der Waals surface area contributed by atoms with Gasteiger partial charge < -0.3 is 23.5 Å². The maximum Gasteiger partial charge on any atom is 0.290 e. The molecule has 0 spiro atoms. The second-order valence-electron chi connectivity index (χ2n) is 4.75. The summed E-state index contributed by atoms with van der Waals surface area (Å²) in [6.07, 6.45) is 3.09. The second-order valence-corrected chi connectivity index (χ2v) is 6.31. The summed E-state index contributed by atoms with van der Waals surface area (Å²) in [7, 11) is -3.77. The molecule has 0 unspecified atom stereocenters. The predicted octanol–water partition coefficient (Wildman–Crippen LogP) is -3.64. The topological polar surface area (TPSA) is 136 Å². The van der Waals surface area contributed by atoms with E-state index in [1.807, 2.05) is 0 Å². The molecule has 5 N–H and O–H groups in total. The average molecular weight is 371 g/mol. The zero-order valence-corrected chi connectivity index (χ0v) is 13.9. The summed E-state index contributed by atoms with van der Waals surface area (Å²) in [5, 5.41) is 7.60. The maximum atomic E-state index is 12.0. The largest absolute Gasteiger partial charge is 1.00 e. The highest BCUT2D eigenvalue weighted by molar-refractivity contribution is 7.89. The van der Waals surface area contributed by atoms with Gasteiger partial charge in [0.25, 0.3) is 11.8 Å². The Hall–Kier alpha value is -2.49. The Morgan fingerprint density at radius 2 is 1.75 bits per heavy atom. The highest BCUT2D eigenvalue weighted by Crippen LogP contribution is 2.12. The Kier molecular flexibility index (Phi) is 6.41. The number of amides is 2. The number of nitrogens with one attached hydrogen (secondary N) is 1. The fourth-order valence-electron chi connectivity index (χ4n) is 1.86. The number of carbonyl (C=O) groups excluding carboxylic acids is 2. The first-order chi connectivity index (χ1) is 10.8. The summed E-state index contributed by atoms with van der Waals surface area (Å²) in [6.45, 7) is -0.0297. The first-order valence-electron chi connectivity index (χ1n) is 6.47. The minimum atomic E-state index is -3.77. The molecule has 0 bridgehead atoms. The number of nitrogens with two attached hydrogens (primary N) is 2. The van der Waals surface area contributed by atoms with E-state index in [1.54, 1.807) is 18.3 Å². The van der Waals surface area contributed by atoms with E-state index in [1.165, 1.54) is 35.0 Å². The number of carbonyl (C=O) groups is 2. The van der Waals surface area contributed by atoms with Crippen LogP contribution in [0.4, 0.5) is 5.69 Å². The normalized spacial score (nSPS) is 10.5. The van der Waals surface area contributed by atoms with Crippen molar-refractivity contribution in [1.29, 1.82) is 0 Å². The van der Waals surface area contributed by atoms with E-state index in [9.17, 15) is 18.0 Å². The summed E-state index contributed by atoms with van der Waals surface area (Å²) < 4.78 is 23.8. The number of primary amides is 1. The van der Waals surface area contributed by atoms with Crippen LogP contribution >= 0.6 is 0 Å². The molecule has 24 heavy (non-hydrogen) atoms. The van der Waals surface area contributed by atoms with Crippen molar-refractivity contribution in [3.8, 4) is 0 Å². The highest BCUT2D eigenvalue weighted by atomic mass is 35.5. The molecule has 0 aliphatic heterocycles. The molecule has 10 heteroatoms. The molecule has 2 amide bonds. The lowest BCUT2D eigenvalue weighted by Crippen LogP contribution is -3.00. The van der Waals surface area contributed by atoms with Crippen LogP contribution in [0.1, 0.15) is 10.4 Å². The quantitative estimate of drug-likeness (QED) is 0.468. The number of hydrogen-bond donors (Lipinski definition) is 3. The van der Waals surface area contributed by atoms with E-state index in [4.69, 9.17) is 10.9 Å². The Bertz CT molecular complexity index is 853. The van der Waals surface area contributed by atoms with Crippen LogP contribution < -0.4 is 33.2 Å². The monoisotopic (exact) mass is 370 g/mol. The summed E-state index contributed by atoms with van der Waals surface area (Å²) >= 11 is 0. The second kappa shape index (κ2) is 7.86. The Labute approximate surface area is 144 Å². The van der Waals surface area contributed by atoms with E-state index in [0.29, 0.717) is 5.69 Å². The lowest BCUT2D eigenvalue weighted by Gasteiger charge is -2.04. The molecule has 2 aromatic rings. The summed E-state index contributed by atoms with van der Waals surface area (Å²) in [6, 6.07) is 8.61. The predicted molar refractivity (Wildman–Crippen MR) is 81.6 cm³/mol. The number of anilines is 1. The van der Waals surface area contributed by atoms with Gasteiger partial charge >= 0.3 is 0 Å². The average Bonchev–Trinajstić information content (AvgIpc) is 2.47. The Morgan fingerprint density at radius 3 is 2.29 bits per heavy atom. The molecular formula is C14H15ClN4O4S. The van der Waals surface area contributed by atoms with E-state index in [-0.39, 0.29) is 35.3 Å². The van der Waals surface area contributed by atoms with Gasteiger partial charge in [-0.25, -0.2) is 13.6 Å². The molecule has 0 aliphatic rings. The van der Waals surface area contributed by atoms with Crippen molar-refractivity contribution in [2.24, 2.45) is 10.9 Å². The fraction of sp³-hybridized carbons (Fsp3) is 0.0714. The zero-order valence-electron chi connectivity index (χ0n) is 12.3. The van der Waals surface area contributed by atoms with Crippen molar-refractivity contribution in [1.82, 2.24) is 0 Å². The lowest BCUT2D eigenvalue weighted by atomic mass is 10.2. The highest BCUT2D eigenvalue weighted by Gasteiger charge is 2.13. The molecule has 8 nitrogen and oxygen atoms in total. The van der Waals surface area contributed by atoms with Gasteiger partial charge in [-0.3, -0.25) is 9.59 Å². The number of halogens is 1. The number of benzene rings is 1. The third-order valence-corrected chi connectivity index (χ3v) is 3.86. The number of hydrogen-bond acceptors (Lipinski definition) is 4. The SMILES string of the molecule is NC(=O)c1ccc[n+](CC(=O)Nc2ccc(S(N)(=O)=O)cc2)c1.[Cl-]. The van der Waals surface area contributed by atoms with Crippen LogP contribution in [0, 0.1) is 0 Å². The van der Waals surface area contributed by atoms with Gasteiger partial charge in [-0.1, -0.05) is 0 Å². The first-order valence-corrected chi connectivity index (χ1v) is 8.02. The molecule has 0 aliphatic carbocycles. The molecule has 0 saturated heterocycles. The van der Waals surface area contributed by atoms with E-state index >= 15 is 0 Å². The third-order valence-electron chi connectivity index (χ3n) is 2.94. The lowest BCUT2D eigenvalue weighted by molar-refractivity contribution is -0.684. The molecular weight excluding hydrogens is 356 g/mol. The molecule has 0 radical (unpaired) electrons. The molecule has 0 fully saturated rings. The van der Waals surface area contributed by atoms with Gasteiger partial charge in [0, 0.05) is 11.8 Å². The van der Waals surface area contributed by atoms with Gasteiger partial charge in [0.1, 0.15) is 5.56 Å². The van der Waals surface area contributed by atoms with Crippen LogP contribution in [-0.4, -0.2) is 20.2 Å². The molecule has 0 atom stereocenters. The smallest absolute Gasteiger partial charge is 0.290 e. The number of sulfonamides is 1. The van der Waals surface area contributed by atoms with Gasteiger partial charge in [-0.2, -0.15) is 4.57 Å². The molecule has 128 valence electrons. The van der Waals surface area contributed by atoms with Gasteiger partial charge in [0.05, 0.1) is 4.90 Å². The van der Waals surface area contributed by atoms with Crippen LogP contribution in [0.2, 0.25) is 0 Å². The van der Waals surface area contributed by atoms with Crippen molar-refractivity contribution < 1.29 is 35.0 Å². The number of primary sulfonamides is 1. The first kappa shape index (κ1) is 19.6. The van der Waals surface area contributed by atoms with Crippen LogP contribution in [-0.2, 0) is 21.4 Å². The number of rotatable bonds is 5. The Balaban J connectivity index is 0.00000288. The number of pyridine rings is 1. The van der Waals surface area contributed by atoms with Crippen LogP contribution in [0.5, 0.6) is 0 Å². The zero-order chi connectivity index (χ0) is 17.0. The van der Waals surface area contributed by atoms with Gasteiger partial charge in [0.15, 0.2) is 12.4 Å². The third kappa shape index (κ3) is 5.30. The summed E-state index contributed by atoms with van der Waals surface area (Å²) in [4.78, 5) is 23.0. The van der Waals surface area contributed by atoms with Gasteiger partial charge in [-0.05, 0) is 30.3 Å². The van der Waals surface area contributed by atoms with Crippen molar-refractivity contribution in [2.45, 2.75) is 11.4 Å². The number of aromatic nitrogens is 1.